The van der Waals surface area contributed by atoms with Gasteiger partial charge in [-0.15, -0.1) is 0 Å². The van der Waals surface area contributed by atoms with Gasteiger partial charge in [0.05, 0.1) is 6.54 Å². The van der Waals surface area contributed by atoms with Crippen LogP contribution < -0.4 is 5.32 Å². The van der Waals surface area contributed by atoms with Crippen molar-refractivity contribution < 1.29 is 13.2 Å². The van der Waals surface area contributed by atoms with Crippen molar-refractivity contribution in [1.29, 1.82) is 0 Å². The fourth-order valence-electron chi connectivity index (χ4n) is 1.67. The van der Waals surface area contributed by atoms with Crippen LogP contribution in [0.2, 0.25) is 0 Å². The molecule has 18 heavy (non-hydrogen) atoms. The summed E-state index contributed by atoms with van der Waals surface area (Å²) >= 11 is 0. The van der Waals surface area contributed by atoms with Gasteiger partial charge in [-0.3, -0.25) is 4.68 Å². The maximum absolute atomic E-state index is 12.5. The van der Waals surface area contributed by atoms with Gasteiger partial charge >= 0.3 is 6.18 Å². The molecule has 1 aliphatic rings. The van der Waals surface area contributed by atoms with E-state index in [1.807, 2.05) is 13.8 Å². The number of hydrogen-bond acceptors (Lipinski definition) is 2. The zero-order valence-electron chi connectivity index (χ0n) is 11.0. The normalized spacial score (nSPS) is 15.2. The van der Waals surface area contributed by atoms with Crippen molar-refractivity contribution in [2.75, 3.05) is 13.6 Å². The van der Waals surface area contributed by atoms with E-state index in [2.05, 4.69) is 10.4 Å². The summed E-state index contributed by atoms with van der Waals surface area (Å²) in [7, 11) is 1.77. The van der Waals surface area contributed by atoms with Gasteiger partial charge in [-0.1, -0.05) is 13.8 Å². The van der Waals surface area contributed by atoms with Gasteiger partial charge in [-0.25, -0.2) is 0 Å². The van der Waals surface area contributed by atoms with E-state index in [0.717, 1.165) is 18.5 Å². The Balaban J connectivity index is 0.000000771. The van der Waals surface area contributed by atoms with Crippen LogP contribution in [0, 0.1) is 0 Å². The SMILES string of the molecule is CC.CNCCn1nc(C(F)(F)F)cc1C1CC1. The molecule has 2 rings (SSSR count). The molecule has 1 saturated carbocycles. The number of hydrogen-bond donors (Lipinski definition) is 1. The van der Waals surface area contributed by atoms with E-state index in [1.165, 1.54) is 10.7 Å². The smallest absolute Gasteiger partial charge is 0.318 e. The molecule has 1 aliphatic carbocycles. The minimum Gasteiger partial charge on any atom is -0.318 e. The summed E-state index contributed by atoms with van der Waals surface area (Å²) < 4.78 is 39.0. The molecule has 0 saturated heterocycles. The topological polar surface area (TPSA) is 29.9 Å². The lowest BCUT2D eigenvalue weighted by Gasteiger charge is -2.05. The van der Waals surface area contributed by atoms with Crippen molar-refractivity contribution >= 4 is 0 Å². The predicted octanol–water partition coefficient (Wildman–Crippen LogP) is 3.02. The highest BCUT2D eigenvalue weighted by molar-refractivity contribution is 5.20. The van der Waals surface area contributed by atoms with Crippen LogP contribution >= 0.6 is 0 Å². The second kappa shape index (κ2) is 6.22. The number of alkyl halides is 3. The van der Waals surface area contributed by atoms with Crippen molar-refractivity contribution in [3.63, 3.8) is 0 Å². The maximum Gasteiger partial charge on any atom is 0.435 e. The summed E-state index contributed by atoms with van der Waals surface area (Å²) in [6.45, 7) is 5.11. The molecule has 0 aromatic carbocycles. The van der Waals surface area contributed by atoms with Gasteiger partial charge in [0, 0.05) is 18.2 Å². The largest absolute Gasteiger partial charge is 0.435 e. The van der Waals surface area contributed by atoms with Crippen LogP contribution in [0.5, 0.6) is 0 Å². The van der Waals surface area contributed by atoms with Crippen molar-refractivity contribution in [2.45, 2.75) is 45.3 Å². The maximum atomic E-state index is 12.5. The summed E-state index contributed by atoms with van der Waals surface area (Å²) in [6.07, 6.45) is -2.39. The van der Waals surface area contributed by atoms with Gasteiger partial charge in [0.15, 0.2) is 5.69 Å². The lowest BCUT2D eigenvalue weighted by atomic mass is 10.2. The molecule has 1 aromatic heterocycles. The van der Waals surface area contributed by atoms with E-state index in [0.29, 0.717) is 13.1 Å². The minimum atomic E-state index is -4.34. The number of nitrogens with one attached hydrogen (secondary N) is 1. The molecule has 1 heterocycles. The molecule has 104 valence electrons. The summed E-state index contributed by atoms with van der Waals surface area (Å²) in [4.78, 5) is 0. The third kappa shape index (κ3) is 3.73. The van der Waals surface area contributed by atoms with Gasteiger partial charge in [0.1, 0.15) is 0 Å². The van der Waals surface area contributed by atoms with Gasteiger partial charge < -0.3 is 5.32 Å². The Hall–Kier alpha value is -1.04. The molecule has 3 nitrogen and oxygen atoms in total. The average molecular weight is 263 g/mol. The van der Waals surface area contributed by atoms with Crippen molar-refractivity contribution in [3.05, 3.63) is 17.5 Å². The number of aromatic nitrogens is 2. The van der Waals surface area contributed by atoms with Crippen LogP contribution in [0.3, 0.4) is 0 Å². The molecule has 0 unspecified atom stereocenters. The van der Waals surface area contributed by atoms with Gasteiger partial charge in [0.25, 0.3) is 0 Å². The molecule has 0 aliphatic heterocycles. The van der Waals surface area contributed by atoms with Gasteiger partial charge in [-0.2, -0.15) is 18.3 Å². The molecular weight excluding hydrogens is 243 g/mol. The monoisotopic (exact) mass is 263 g/mol. The van der Waals surface area contributed by atoms with E-state index in [-0.39, 0.29) is 5.92 Å². The van der Waals surface area contributed by atoms with Crippen LogP contribution in [0.15, 0.2) is 6.07 Å². The summed E-state index contributed by atoms with van der Waals surface area (Å²) in [5, 5.41) is 6.54. The Morgan fingerprint density at radius 2 is 2.00 bits per heavy atom. The first-order valence-corrected chi connectivity index (χ1v) is 6.32. The standard InChI is InChI=1S/C10H14F3N3.C2H6/c1-14-4-5-16-8(7-2-3-7)6-9(15-16)10(11,12)13;1-2/h6-7,14H,2-5H2,1H3;1-2H3. The van der Waals surface area contributed by atoms with Crippen LogP contribution in [-0.2, 0) is 12.7 Å². The molecule has 0 amide bonds. The highest BCUT2D eigenvalue weighted by atomic mass is 19.4. The lowest BCUT2D eigenvalue weighted by molar-refractivity contribution is -0.141. The van der Waals surface area contributed by atoms with E-state index in [9.17, 15) is 13.2 Å². The summed E-state index contributed by atoms with van der Waals surface area (Å²) in [6, 6.07) is 1.19. The molecule has 6 heteroatoms. The molecule has 1 fully saturated rings. The second-order valence-corrected chi connectivity index (χ2v) is 4.05. The first-order valence-electron chi connectivity index (χ1n) is 6.32. The average Bonchev–Trinajstić information content (AvgIpc) is 3.08. The quantitative estimate of drug-likeness (QED) is 0.905. The molecule has 0 bridgehead atoms. The van der Waals surface area contributed by atoms with Crippen LogP contribution in [-0.4, -0.2) is 23.4 Å². The molecule has 1 aromatic rings. The minimum absolute atomic E-state index is 0.278. The Morgan fingerprint density at radius 1 is 1.39 bits per heavy atom. The molecular formula is C12H20F3N3. The van der Waals surface area contributed by atoms with Crippen LogP contribution in [0.1, 0.15) is 44.0 Å². The lowest BCUT2D eigenvalue weighted by Crippen LogP contribution is -2.17. The summed E-state index contributed by atoms with van der Waals surface area (Å²) in [5.41, 5.74) is -0.0481. The Bertz CT molecular complexity index is 367. The molecule has 0 atom stereocenters. The van der Waals surface area contributed by atoms with E-state index < -0.39 is 11.9 Å². The van der Waals surface area contributed by atoms with Crippen LogP contribution in [0.4, 0.5) is 13.2 Å². The Kier molecular flexibility index (Phi) is 5.19. The zero-order chi connectivity index (χ0) is 13.8. The third-order valence-electron chi connectivity index (χ3n) is 2.67. The summed E-state index contributed by atoms with van der Waals surface area (Å²) in [5.74, 6) is 0.278. The fourth-order valence-corrected chi connectivity index (χ4v) is 1.67. The van der Waals surface area contributed by atoms with Gasteiger partial charge in [0.2, 0.25) is 0 Å². The Labute approximate surface area is 105 Å². The van der Waals surface area contributed by atoms with Crippen molar-refractivity contribution in [2.24, 2.45) is 0 Å². The molecule has 0 radical (unpaired) electrons. The van der Waals surface area contributed by atoms with Gasteiger partial charge in [-0.05, 0) is 26.0 Å². The van der Waals surface area contributed by atoms with E-state index in [4.69, 9.17) is 0 Å². The highest BCUT2D eigenvalue weighted by Crippen LogP contribution is 2.41. The molecule has 1 N–H and O–H groups in total. The number of halogens is 3. The second-order valence-electron chi connectivity index (χ2n) is 4.05. The number of likely N-dealkylation sites (N-methyl/N-ethyl adjacent to an activating group) is 1. The zero-order valence-corrected chi connectivity index (χ0v) is 11.0. The first-order chi connectivity index (χ1) is 8.52. The molecule has 0 spiro atoms. The third-order valence-corrected chi connectivity index (χ3v) is 2.67. The highest BCUT2D eigenvalue weighted by Gasteiger charge is 2.37. The van der Waals surface area contributed by atoms with Crippen molar-refractivity contribution in [1.82, 2.24) is 15.1 Å². The fraction of sp³-hybridized carbons (Fsp3) is 0.750. The Morgan fingerprint density at radius 3 is 2.44 bits per heavy atom. The first kappa shape index (κ1) is 15.0. The van der Waals surface area contributed by atoms with Crippen molar-refractivity contribution in [3.8, 4) is 0 Å². The van der Waals surface area contributed by atoms with E-state index >= 15 is 0 Å². The predicted molar refractivity (Wildman–Crippen MR) is 64.5 cm³/mol. The number of nitrogens with zero attached hydrogens (tertiary/aromatic N) is 2. The van der Waals surface area contributed by atoms with Crippen LogP contribution in [0.25, 0.3) is 0 Å². The van der Waals surface area contributed by atoms with E-state index in [1.54, 1.807) is 7.05 Å². The number of rotatable bonds is 4.